The zero-order chi connectivity index (χ0) is 49.2. The number of likely N-dealkylation sites (tertiary alicyclic amines) is 1. The topological polar surface area (TPSA) is 231 Å². The lowest BCUT2D eigenvalue weighted by Crippen LogP contribution is -2.52. The third kappa shape index (κ3) is 11.9. The van der Waals surface area contributed by atoms with Gasteiger partial charge in [0.15, 0.2) is 11.6 Å². The Hall–Kier alpha value is -7.22. The first-order valence-corrected chi connectivity index (χ1v) is 24.4. The summed E-state index contributed by atoms with van der Waals surface area (Å²) in [5.74, 6) is 1.15. The summed E-state index contributed by atoms with van der Waals surface area (Å²) in [4.78, 5) is 76.5. The van der Waals surface area contributed by atoms with Crippen LogP contribution in [0.15, 0.2) is 85.2 Å². The summed E-state index contributed by atoms with van der Waals surface area (Å²) in [6.45, 7) is 4.21. The molecule has 0 spiro atoms. The number of amides is 5. The summed E-state index contributed by atoms with van der Waals surface area (Å²) in [5, 5.41) is 19.9. The Bertz CT molecular complexity index is 2710. The molecule has 2 aromatic heterocycles. The number of carbonyl (C=O) groups is 5. The van der Waals surface area contributed by atoms with Crippen molar-refractivity contribution in [1.82, 2.24) is 40.6 Å². The van der Waals surface area contributed by atoms with E-state index in [1.165, 1.54) is 4.90 Å². The molecule has 2 saturated heterocycles. The number of hydrogen-bond acceptors (Lipinski definition) is 14. The number of benzene rings is 3. The van der Waals surface area contributed by atoms with E-state index in [0.29, 0.717) is 79.8 Å². The van der Waals surface area contributed by atoms with Crippen LogP contribution in [0.2, 0.25) is 0 Å². The molecule has 4 aliphatic rings. The molecular formula is C52H60N10O9. The van der Waals surface area contributed by atoms with E-state index in [4.69, 9.17) is 23.9 Å². The predicted octanol–water partition coefficient (Wildman–Crippen LogP) is 5.53. The van der Waals surface area contributed by atoms with Gasteiger partial charge in [0.2, 0.25) is 17.7 Å². The van der Waals surface area contributed by atoms with E-state index in [1.54, 1.807) is 30.6 Å². The molecular weight excluding hydrogens is 909 g/mol. The van der Waals surface area contributed by atoms with E-state index in [2.05, 4.69) is 48.4 Å². The second kappa shape index (κ2) is 22.7. The zero-order valence-corrected chi connectivity index (χ0v) is 39.9. The fourth-order valence-corrected chi connectivity index (χ4v) is 9.49. The largest absolute Gasteiger partial charge is 0.494 e. The summed E-state index contributed by atoms with van der Waals surface area (Å²) < 4.78 is 23.5. The molecule has 5 amide bonds. The number of rotatable bonds is 21. The first kappa shape index (κ1) is 48.8. The Labute approximate surface area is 411 Å². The molecule has 4 aliphatic heterocycles. The summed E-state index contributed by atoms with van der Waals surface area (Å²) in [6, 6.07) is 21.2. The maximum absolute atomic E-state index is 13.9. The van der Waals surface area contributed by atoms with E-state index < -0.39 is 17.5 Å². The van der Waals surface area contributed by atoms with Gasteiger partial charge in [-0.3, -0.25) is 39.4 Å². The summed E-state index contributed by atoms with van der Waals surface area (Å²) >= 11 is 0. The highest BCUT2D eigenvalue weighted by Crippen LogP contribution is 2.38. The van der Waals surface area contributed by atoms with Crippen LogP contribution in [0.5, 0.6) is 11.5 Å². The fourth-order valence-electron chi connectivity index (χ4n) is 9.49. The average Bonchev–Trinajstić information content (AvgIpc) is 4.02. The van der Waals surface area contributed by atoms with Crippen LogP contribution in [0.25, 0.3) is 11.4 Å². The van der Waals surface area contributed by atoms with Crippen molar-refractivity contribution >= 4 is 40.9 Å². The van der Waals surface area contributed by atoms with Crippen LogP contribution >= 0.6 is 0 Å². The monoisotopic (exact) mass is 968 g/mol. The number of pyridine rings is 1. The van der Waals surface area contributed by atoms with Gasteiger partial charge in [-0.2, -0.15) is 5.10 Å². The normalized spacial score (nSPS) is 18.5. The number of piperidine rings is 2. The molecule has 0 aliphatic carbocycles. The smallest absolute Gasteiger partial charge is 0.255 e. The van der Waals surface area contributed by atoms with Gasteiger partial charge in [-0.05, 0) is 113 Å². The standard InChI is InChI=1S/C52H60N10O9/c1-61-23-19-52(20-24-61,51-57-47(59-60-51)34-16-21-53-22-17-34)58-36-9-5-8-35(30-36)48(65)55-42-18-29-71-44-14-12-37(31-39(42)44)70-28-4-2-3-25-68-26-7-27-69-33-46(64)54-41-11-6-10-38-40(41)32-62(50(38)67)43-13-15-45(63)56-49(43)66/h5-6,8-12,14,16-17,21-22,30-31,42-43,58H,2-4,7,13,15,18-20,23-29,32-33H2,1H3,(H,54,64)(H,55,65)(H,56,63,66)(H,57,59,60). The number of aromatic nitrogens is 4. The molecule has 2 atom stereocenters. The van der Waals surface area contributed by atoms with Gasteiger partial charge in [0.1, 0.15) is 24.1 Å². The van der Waals surface area contributed by atoms with Crippen molar-refractivity contribution in [3.8, 4) is 22.9 Å². The van der Waals surface area contributed by atoms with Crippen LogP contribution in [0.4, 0.5) is 11.4 Å². The second-order valence-electron chi connectivity index (χ2n) is 18.4. The van der Waals surface area contributed by atoms with Crippen LogP contribution < -0.4 is 30.7 Å². The maximum atomic E-state index is 13.9. The summed E-state index contributed by atoms with van der Waals surface area (Å²) in [5.41, 5.74) is 4.18. The summed E-state index contributed by atoms with van der Waals surface area (Å²) in [7, 11) is 2.12. The Morgan fingerprint density at radius 1 is 0.887 bits per heavy atom. The number of H-pyrrole nitrogens is 1. The quantitative estimate of drug-likeness (QED) is 0.0450. The van der Waals surface area contributed by atoms with Gasteiger partial charge < -0.3 is 44.7 Å². The molecule has 2 unspecified atom stereocenters. The number of hydrogen-bond donors (Lipinski definition) is 5. The minimum atomic E-state index is -0.733. The first-order valence-electron chi connectivity index (χ1n) is 24.4. The number of aromatic amines is 1. The van der Waals surface area contributed by atoms with Gasteiger partial charge in [0.05, 0.1) is 24.8 Å². The van der Waals surface area contributed by atoms with Crippen molar-refractivity contribution in [2.75, 3.05) is 70.4 Å². The number of ether oxygens (including phenoxy) is 4. The highest BCUT2D eigenvalue weighted by molar-refractivity contribution is 6.07. The third-order valence-corrected chi connectivity index (χ3v) is 13.4. The van der Waals surface area contributed by atoms with Gasteiger partial charge in [0, 0.05) is 104 Å². The molecule has 0 bridgehead atoms. The van der Waals surface area contributed by atoms with Crippen LogP contribution in [0.3, 0.4) is 0 Å². The van der Waals surface area contributed by atoms with Gasteiger partial charge in [0.25, 0.3) is 11.8 Å². The molecule has 19 nitrogen and oxygen atoms in total. The number of imide groups is 1. The second-order valence-corrected chi connectivity index (χ2v) is 18.4. The molecule has 71 heavy (non-hydrogen) atoms. The Morgan fingerprint density at radius 3 is 2.54 bits per heavy atom. The molecule has 9 rings (SSSR count). The molecule has 6 heterocycles. The molecule has 19 heteroatoms. The maximum Gasteiger partial charge on any atom is 0.255 e. The van der Waals surface area contributed by atoms with Crippen molar-refractivity contribution in [2.45, 2.75) is 82.0 Å². The lowest BCUT2D eigenvalue weighted by atomic mass is 9.86. The van der Waals surface area contributed by atoms with Gasteiger partial charge >= 0.3 is 0 Å². The lowest BCUT2D eigenvalue weighted by Gasteiger charge is -2.40. The number of unbranched alkanes of at least 4 members (excludes halogenated alkanes) is 2. The average molecular weight is 969 g/mol. The zero-order valence-electron chi connectivity index (χ0n) is 39.9. The minimum Gasteiger partial charge on any atom is -0.494 e. The SMILES string of the molecule is CN1CCC(Nc2cccc(C(=O)NC3CCOc4ccc(OCCCCCOCCCOCC(=O)Nc5cccc6c5CN(C5CCC(=O)NC5=O)C6=O)cc43)c2)(c2nc(-c3ccncc3)n[nH]2)CC1. The van der Waals surface area contributed by atoms with E-state index in [0.717, 1.165) is 73.6 Å². The van der Waals surface area contributed by atoms with E-state index in [9.17, 15) is 24.0 Å². The Morgan fingerprint density at radius 2 is 1.69 bits per heavy atom. The minimum absolute atomic E-state index is 0.158. The Balaban J connectivity index is 0.669. The van der Waals surface area contributed by atoms with Crippen LogP contribution in [-0.4, -0.2) is 125 Å². The van der Waals surface area contributed by atoms with E-state index >= 15 is 0 Å². The predicted molar refractivity (Wildman–Crippen MR) is 262 cm³/mol. The molecule has 0 radical (unpaired) electrons. The van der Waals surface area contributed by atoms with Crippen molar-refractivity contribution in [1.29, 1.82) is 0 Å². The van der Waals surface area contributed by atoms with Gasteiger partial charge in [-0.1, -0.05) is 12.1 Å². The lowest BCUT2D eigenvalue weighted by molar-refractivity contribution is -0.137. The highest BCUT2D eigenvalue weighted by atomic mass is 16.5. The Kier molecular flexibility index (Phi) is 15.6. The molecule has 5 aromatic rings. The molecule has 2 fully saturated rings. The van der Waals surface area contributed by atoms with Crippen LogP contribution in [0, 0.1) is 0 Å². The van der Waals surface area contributed by atoms with Gasteiger partial charge in [-0.25, -0.2) is 4.98 Å². The van der Waals surface area contributed by atoms with Crippen LogP contribution in [-0.2, 0) is 35.9 Å². The number of nitrogens with one attached hydrogen (secondary N) is 5. The molecule has 5 N–H and O–H groups in total. The molecule has 3 aromatic carbocycles. The van der Waals surface area contributed by atoms with Crippen LogP contribution in [0.1, 0.15) is 101 Å². The number of nitrogens with zero attached hydrogens (tertiary/aromatic N) is 5. The van der Waals surface area contributed by atoms with Crippen molar-refractivity contribution in [3.63, 3.8) is 0 Å². The first-order chi connectivity index (χ1) is 34.6. The van der Waals surface area contributed by atoms with Crippen molar-refractivity contribution in [2.24, 2.45) is 0 Å². The molecule has 372 valence electrons. The number of anilines is 2. The fraction of sp³-hybridized carbons (Fsp3) is 0.423. The number of fused-ring (bicyclic) bond motifs is 2. The van der Waals surface area contributed by atoms with Crippen molar-refractivity contribution in [3.05, 3.63) is 113 Å². The highest BCUT2D eigenvalue weighted by Gasteiger charge is 2.41. The van der Waals surface area contributed by atoms with E-state index in [-0.39, 0.29) is 55.7 Å². The number of carbonyl (C=O) groups excluding carboxylic acids is 5. The molecule has 0 saturated carbocycles. The summed E-state index contributed by atoms with van der Waals surface area (Å²) in [6.07, 6.45) is 9.36. The van der Waals surface area contributed by atoms with E-state index in [1.807, 2.05) is 54.6 Å². The third-order valence-electron chi connectivity index (χ3n) is 13.4. The van der Waals surface area contributed by atoms with Crippen molar-refractivity contribution < 1.29 is 42.9 Å². The van der Waals surface area contributed by atoms with Gasteiger partial charge in [-0.15, -0.1) is 0 Å².